The summed E-state index contributed by atoms with van der Waals surface area (Å²) in [5.41, 5.74) is 6.90. The Kier molecular flexibility index (Phi) is 23.9. The van der Waals surface area contributed by atoms with Crippen LogP contribution in [0.3, 0.4) is 0 Å². The molecule has 5 amide bonds. The number of carbonyl (C=O) groups excluding carboxylic acids is 7. The third-order valence-electron chi connectivity index (χ3n) is 7.94. The molecule has 0 saturated carbocycles. The van der Waals surface area contributed by atoms with E-state index in [0.29, 0.717) is 17.5 Å². The molecule has 24 heteroatoms. The van der Waals surface area contributed by atoms with Crippen molar-refractivity contribution >= 4 is 53.7 Å². The SMILES string of the molecule is CC(C)C(NC(=O)OCCOCCN(N)/C=C(\N)CNC(=O)OCCOCCN(C)C(=O)/C=C\C=O)C(=O)NCC(=O)Nc1ccc(COC(=O)Oc2ccc([N+](=O)[O-])cc2)cc1. The van der Waals surface area contributed by atoms with E-state index < -0.39 is 47.7 Å². The highest BCUT2D eigenvalue weighted by molar-refractivity contribution is 5.96. The van der Waals surface area contributed by atoms with E-state index in [9.17, 15) is 43.7 Å². The lowest BCUT2D eigenvalue weighted by Crippen LogP contribution is -2.51. The molecule has 0 bridgehead atoms. The zero-order valence-corrected chi connectivity index (χ0v) is 35.0. The normalized spacial score (nSPS) is 11.5. The van der Waals surface area contributed by atoms with E-state index in [2.05, 4.69) is 21.3 Å². The van der Waals surface area contributed by atoms with Crippen molar-refractivity contribution in [1.29, 1.82) is 0 Å². The lowest BCUT2D eigenvalue weighted by Gasteiger charge is -2.21. The Labute approximate surface area is 362 Å². The standard InChI is InChI=1S/C39H53N9O15/c1-27(2)35(36(52)42-24-33(50)44-30-8-6-28(7-9-30)26-62-39(55)63-32-12-10-31(11-13-32)48(56)57)45-38(54)61-22-20-59-18-15-47(41)25-29(40)23-43-37(53)60-21-19-58-17-14-46(3)34(51)5-4-16-49/h4-13,16,25,27,35H,14-15,17-24,26,40-41H2,1-3H3,(H,42,52)(H,43,53)(H,44,50)(H,45,54)/b5-4-,29-25-. The molecular weight excluding hydrogens is 834 g/mol. The molecule has 63 heavy (non-hydrogen) atoms. The van der Waals surface area contributed by atoms with E-state index in [0.717, 1.165) is 12.2 Å². The fraction of sp³-hybridized carbons (Fsp3) is 0.410. The Balaban J connectivity index is 1.57. The minimum absolute atomic E-state index is 0.00860. The number of alkyl carbamates (subject to hydrolysis) is 2. The van der Waals surface area contributed by atoms with Crippen LogP contribution in [0.1, 0.15) is 19.4 Å². The number of allylic oxidation sites excluding steroid dienone is 1. The largest absolute Gasteiger partial charge is 0.514 e. The van der Waals surface area contributed by atoms with Gasteiger partial charge in [0, 0.05) is 49.4 Å². The van der Waals surface area contributed by atoms with Gasteiger partial charge in [0.1, 0.15) is 37.9 Å². The van der Waals surface area contributed by atoms with Gasteiger partial charge in [0.15, 0.2) is 0 Å². The van der Waals surface area contributed by atoms with E-state index in [-0.39, 0.29) is 94.8 Å². The first-order valence-electron chi connectivity index (χ1n) is 19.2. The van der Waals surface area contributed by atoms with E-state index in [1.54, 1.807) is 45.2 Å². The Hall–Kier alpha value is -7.31. The number of non-ortho nitro benzene ring substituents is 1. The van der Waals surface area contributed by atoms with Crippen molar-refractivity contribution in [2.45, 2.75) is 26.5 Å². The maximum absolute atomic E-state index is 12.8. The number of aldehydes is 1. The zero-order valence-electron chi connectivity index (χ0n) is 35.0. The summed E-state index contributed by atoms with van der Waals surface area (Å²) >= 11 is 0. The highest BCUT2D eigenvalue weighted by atomic mass is 16.7. The highest BCUT2D eigenvalue weighted by Crippen LogP contribution is 2.18. The number of nitrogens with one attached hydrogen (secondary N) is 4. The van der Waals surface area contributed by atoms with Crippen molar-refractivity contribution in [1.82, 2.24) is 25.9 Å². The van der Waals surface area contributed by atoms with E-state index in [1.165, 1.54) is 40.4 Å². The van der Waals surface area contributed by atoms with Crippen LogP contribution in [0, 0.1) is 16.0 Å². The molecule has 0 aliphatic rings. The topological polar surface area (TPSA) is 325 Å². The first-order valence-corrected chi connectivity index (χ1v) is 19.2. The number of benzene rings is 2. The quantitative estimate of drug-likeness (QED) is 0.00841. The molecule has 0 aliphatic heterocycles. The Morgan fingerprint density at radius 1 is 0.825 bits per heavy atom. The molecule has 0 fully saturated rings. The van der Waals surface area contributed by atoms with Gasteiger partial charge < -0.3 is 65.3 Å². The molecule has 2 rings (SSSR count). The number of rotatable bonds is 27. The third kappa shape index (κ3) is 22.8. The number of likely N-dealkylation sites (N-methyl/N-ethyl adjacent to an activating group) is 1. The summed E-state index contributed by atoms with van der Waals surface area (Å²) in [4.78, 5) is 95.0. The number of nitrogens with zero attached hydrogens (tertiary/aromatic N) is 3. The van der Waals surface area contributed by atoms with E-state index in [1.807, 2.05) is 0 Å². The van der Waals surface area contributed by atoms with Crippen molar-refractivity contribution in [2.75, 3.05) is 78.2 Å². The number of carbonyl (C=O) groups is 7. The predicted octanol–water partition coefficient (Wildman–Crippen LogP) is 1.06. The Morgan fingerprint density at radius 3 is 2.08 bits per heavy atom. The minimum Gasteiger partial charge on any atom is -0.447 e. The first-order chi connectivity index (χ1) is 30.1. The molecule has 0 saturated heterocycles. The average Bonchev–Trinajstić information content (AvgIpc) is 3.25. The fourth-order valence-corrected chi connectivity index (χ4v) is 4.64. The molecule has 24 nitrogen and oxygen atoms in total. The second-order valence-corrected chi connectivity index (χ2v) is 13.3. The maximum atomic E-state index is 12.8. The van der Waals surface area contributed by atoms with Crippen molar-refractivity contribution < 1.29 is 66.9 Å². The Morgan fingerprint density at radius 2 is 1.46 bits per heavy atom. The van der Waals surface area contributed by atoms with Gasteiger partial charge in [-0.1, -0.05) is 26.0 Å². The summed E-state index contributed by atoms with van der Waals surface area (Å²) in [6.07, 6.45) is 1.48. The lowest BCUT2D eigenvalue weighted by atomic mass is 10.0. The van der Waals surface area contributed by atoms with Gasteiger partial charge in [0.25, 0.3) is 5.69 Å². The molecule has 2 aromatic carbocycles. The van der Waals surface area contributed by atoms with E-state index in [4.69, 9.17) is 40.0 Å². The van der Waals surface area contributed by atoms with Crippen LogP contribution in [0.15, 0.2) is 72.6 Å². The van der Waals surface area contributed by atoms with Crippen molar-refractivity contribution in [3.05, 3.63) is 88.3 Å². The summed E-state index contributed by atoms with van der Waals surface area (Å²) in [6, 6.07) is 10.1. The number of amides is 5. The van der Waals surface area contributed by atoms with Gasteiger partial charge in [-0.2, -0.15) is 0 Å². The Bertz CT molecular complexity index is 1880. The third-order valence-corrected chi connectivity index (χ3v) is 7.94. The van der Waals surface area contributed by atoms with Gasteiger partial charge in [-0.05, 0) is 41.8 Å². The molecule has 0 spiro atoms. The zero-order chi connectivity index (χ0) is 46.6. The number of nitro groups is 1. The fourth-order valence-electron chi connectivity index (χ4n) is 4.64. The second-order valence-electron chi connectivity index (χ2n) is 13.3. The van der Waals surface area contributed by atoms with Crippen molar-refractivity contribution in [2.24, 2.45) is 17.5 Å². The van der Waals surface area contributed by atoms with Gasteiger partial charge >= 0.3 is 18.3 Å². The molecule has 2 aromatic rings. The number of anilines is 1. The van der Waals surface area contributed by atoms with Gasteiger partial charge in [-0.15, -0.1) is 0 Å². The summed E-state index contributed by atoms with van der Waals surface area (Å²) in [5, 5.41) is 22.0. The van der Waals surface area contributed by atoms with Gasteiger partial charge in [0.05, 0.1) is 51.0 Å². The van der Waals surface area contributed by atoms with Crippen LogP contribution in [0.5, 0.6) is 5.75 Å². The summed E-state index contributed by atoms with van der Waals surface area (Å²) in [5.74, 6) is 4.07. The molecule has 0 aliphatic carbocycles. The number of nitrogens with two attached hydrogens (primary N) is 2. The van der Waals surface area contributed by atoms with Crippen LogP contribution < -0.4 is 37.6 Å². The molecule has 0 radical (unpaired) electrons. The van der Waals surface area contributed by atoms with Gasteiger partial charge in [-0.25, -0.2) is 20.2 Å². The van der Waals surface area contributed by atoms with Crippen LogP contribution in [-0.2, 0) is 49.5 Å². The van der Waals surface area contributed by atoms with Gasteiger partial charge in [0.2, 0.25) is 17.7 Å². The molecule has 344 valence electrons. The van der Waals surface area contributed by atoms with Crippen LogP contribution >= 0.6 is 0 Å². The average molecular weight is 888 g/mol. The van der Waals surface area contributed by atoms with E-state index >= 15 is 0 Å². The van der Waals surface area contributed by atoms with Crippen molar-refractivity contribution in [3.8, 4) is 5.75 Å². The summed E-state index contributed by atoms with van der Waals surface area (Å²) < 4.78 is 30.8. The first kappa shape index (κ1) is 51.8. The smallest absolute Gasteiger partial charge is 0.447 e. The lowest BCUT2D eigenvalue weighted by molar-refractivity contribution is -0.384. The molecule has 1 atom stereocenters. The molecular formula is C39H53N9O15. The predicted molar refractivity (Wildman–Crippen MR) is 222 cm³/mol. The summed E-state index contributed by atoms with van der Waals surface area (Å²) in [7, 11) is 1.55. The number of hydrogen-bond acceptors (Lipinski definition) is 18. The number of hydrazine groups is 1. The maximum Gasteiger partial charge on any atom is 0.514 e. The molecule has 1 unspecified atom stereocenters. The molecule has 8 N–H and O–H groups in total. The van der Waals surface area contributed by atoms with Gasteiger partial charge in [-0.3, -0.25) is 29.3 Å². The summed E-state index contributed by atoms with van der Waals surface area (Å²) in [6.45, 7) is 3.49. The second kappa shape index (κ2) is 29.0. The van der Waals surface area contributed by atoms with Crippen molar-refractivity contribution in [3.63, 3.8) is 0 Å². The number of ether oxygens (including phenoxy) is 6. The van der Waals surface area contributed by atoms with Crippen LogP contribution in [0.2, 0.25) is 0 Å². The number of hydrogen-bond donors (Lipinski definition) is 6. The van der Waals surface area contributed by atoms with Crippen LogP contribution in [0.25, 0.3) is 0 Å². The molecule has 0 heterocycles. The van der Waals surface area contributed by atoms with Crippen LogP contribution in [0.4, 0.5) is 25.8 Å². The number of nitro benzene ring substituents is 1. The monoisotopic (exact) mass is 887 g/mol. The molecule has 0 aromatic heterocycles. The minimum atomic E-state index is -1.02. The highest BCUT2D eigenvalue weighted by Gasteiger charge is 2.25. The van der Waals surface area contributed by atoms with Crippen LogP contribution in [-0.4, -0.2) is 136 Å².